The van der Waals surface area contributed by atoms with Crippen molar-refractivity contribution < 1.29 is 23.5 Å². The number of amides is 3. The smallest absolute Gasteiger partial charge is 0.273 e. The van der Waals surface area contributed by atoms with Gasteiger partial charge in [-0.25, -0.2) is 4.39 Å². The van der Waals surface area contributed by atoms with Gasteiger partial charge in [-0.1, -0.05) is 25.7 Å². The number of nitrogens with zero attached hydrogens (tertiary/aromatic N) is 2. The highest BCUT2D eigenvalue weighted by Gasteiger charge is 2.50. The van der Waals surface area contributed by atoms with Crippen molar-refractivity contribution in [2.24, 2.45) is 0 Å². The molecule has 1 aromatic heterocycles. The highest BCUT2D eigenvalue weighted by atomic mass is 19.1. The number of ether oxygens (including phenoxy) is 1. The van der Waals surface area contributed by atoms with E-state index >= 15 is 0 Å². The molecule has 2 aliphatic heterocycles. The van der Waals surface area contributed by atoms with Gasteiger partial charge in [-0.15, -0.1) is 0 Å². The van der Waals surface area contributed by atoms with Crippen molar-refractivity contribution in [1.82, 2.24) is 14.8 Å². The Morgan fingerprint density at radius 3 is 2.56 bits per heavy atom. The Balaban J connectivity index is 1.59. The maximum atomic E-state index is 14.2. The highest BCUT2D eigenvalue weighted by molar-refractivity contribution is 6.14. The fourth-order valence-corrected chi connectivity index (χ4v) is 6.00. The summed E-state index contributed by atoms with van der Waals surface area (Å²) in [5.74, 6) is -1.37. The summed E-state index contributed by atoms with van der Waals surface area (Å²) in [5.41, 5.74) is -0.0150. The van der Waals surface area contributed by atoms with Crippen LogP contribution in [0.25, 0.3) is 10.9 Å². The van der Waals surface area contributed by atoms with Crippen LogP contribution in [0.5, 0.6) is 0 Å². The standard InChI is InChI=1S/C27H35FN4O4/c1-17(33)29-23-21-14-18(28)11-12-22(21)31-16-27(2,26(35)30-19-8-5-3-4-6-9-19)32(25(34)24(23)31)15-20-10-7-13-36-20/h11-12,14,19-20H,3-10,13,15-16H2,1-2H3,(H,29,33)(H,30,35)/t20-,27+/m1/s1. The molecular weight excluding hydrogens is 463 g/mol. The number of aromatic nitrogens is 1. The number of rotatable bonds is 5. The maximum absolute atomic E-state index is 14.2. The van der Waals surface area contributed by atoms with Gasteiger partial charge in [0.25, 0.3) is 5.91 Å². The van der Waals surface area contributed by atoms with Crippen molar-refractivity contribution in [2.75, 3.05) is 18.5 Å². The molecule has 1 aliphatic carbocycles. The number of hydrogen-bond donors (Lipinski definition) is 2. The van der Waals surface area contributed by atoms with Crippen LogP contribution in [-0.4, -0.2) is 58.0 Å². The summed E-state index contributed by atoms with van der Waals surface area (Å²) in [7, 11) is 0. The van der Waals surface area contributed by atoms with Crippen LogP contribution in [0.15, 0.2) is 18.2 Å². The van der Waals surface area contributed by atoms with Crippen LogP contribution in [0, 0.1) is 5.82 Å². The van der Waals surface area contributed by atoms with Gasteiger partial charge in [-0.2, -0.15) is 0 Å². The molecule has 2 N–H and O–H groups in total. The van der Waals surface area contributed by atoms with Crippen molar-refractivity contribution >= 4 is 34.3 Å². The fourth-order valence-electron chi connectivity index (χ4n) is 6.00. The fraction of sp³-hybridized carbons (Fsp3) is 0.593. The van der Waals surface area contributed by atoms with Crippen molar-refractivity contribution in [1.29, 1.82) is 0 Å². The van der Waals surface area contributed by atoms with Crippen LogP contribution in [-0.2, 0) is 20.9 Å². The second-order valence-corrected chi connectivity index (χ2v) is 10.6. The third-order valence-electron chi connectivity index (χ3n) is 7.93. The minimum Gasteiger partial charge on any atom is -0.376 e. The van der Waals surface area contributed by atoms with E-state index < -0.39 is 11.4 Å². The summed E-state index contributed by atoms with van der Waals surface area (Å²) in [4.78, 5) is 41.7. The molecule has 3 amide bonds. The Morgan fingerprint density at radius 2 is 1.89 bits per heavy atom. The molecule has 9 heteroatoms. The topological polar surface area (TPSA) is 92.7 Å². The Labute approximate surface area is 210 Å². The number of benzene rings is 1. The van der Waals surface area contributed by atoms with Gasteiger partial charge < -0.3 is 24.8 Å². The molecule has 0 radical (unpaired) electrons. The van der Waals surface area contributed by atoms with Gasteiger partial charge in [0.05, 0.1) is 23.9 Å². The quantitative estimate of drug-likeness (QED) is 0.610. The summed E-state index contributed by atoms with van der Waals surface area (Å²) >= 11 is 0. The minimum absolute atomic E-state index is 0.0864. The maximum Gasteiger partial charge on any atom is 0.273 e. The first-order valence-corrected chi connectivity index (χ1v) is 13.1. The SMILES string of the molecule is CC(=O)Nc1c2n(c3ccc(F)cc13)C[C@@](C)(C(=O)NC1CCCCCC1)N(C[C@H]1CCCO1)C2=O. The summed E-state index contributed by atoms with van der Waals surface area (Å²) in [6, 6.07) is 4.35. The number of anilines is 1. The first-order chi connectivity index (χ1) is 17.3. The zero-order valence-electron chi connectivity index (χ0n) is 21.1. The third-order valence-corrected chi connectivity index (χ3v) is 7.93. The number of fused-ring (bicyclic) bond motifs is 3. The lowest BCUT2D eigenvalue weighted by Gasteiger charge is -2.45. The van der Waals surface area contributed by atoms with E-state index in [-0.39, 0.29) is 54.3 Å². The lowest BCUT2D eigenvalue weighted by atomic mass is 9.92. The van der Waals surface area contributed by atoms with Crippen LogP contribution in [0.4, 0.5) is 10.1 Å². The largest absolute Gasteiger partial charge is 0.376 e. The van der Waals surface area contributed by atoms with E-state index in [0.717, 1.165) is 38.5 Å². The van der Waals surface area contributed by atoms with Crippen molar-refractivity contribution in [3.63, 3.8) is 0 Å². The van der Waals surface area contributed by atoms with Gasteiger partial charge in [-0.05, 0) is 50.8 Å². The molecule has 5 rings (SSSR count). The van der Waals surface area contributed by atoms with E-state index in [2.05, 4.69) is 10.6 Å². The lowest BCUT2D eigenvalue weighted by molar-refractivity contribution is -0.134. The molecule has 0 bridgehead atoms. The van der Waals surface area contributed by atoms with Crippen molar-refractivity contribution in [3.05, 3.63) is 29.7 Å². The molecule has 2 aromatic rings. The Bertz CT molecular complexity index is 1180. The number of halogens is 1. The molecule has 36 heavy (non-hydrogen) atoms. The molecule has 0 spiro atoms. The number of nitrogens with one attached hydrogen (secondary N) is 2. The molecule has 1 aromatic carbocycles. The van der Waals surface area contributed by atoms with Gasteiger partial charge in [0.2, 0.25) is 11.8 Å². The lowest BCUT2D eigenvalue weighted by Crippen LogP contribution is -2.66. The molecule has 2 fully saturated rings. The van der Waals surface area contributed by atoms with Gasteiger partial charge >= 0.3 is 0 Å². The molecule has 3 heterocycles. The number of carbonyl (C=O) groups excluding carboxylic acids is 3. The average molecular weight is 499 g/mol. The normalized spacial score (nSPS) is 25.0. The monoisotopic (exact) mass is 498 g/mol. The average Bonchev–Trinajstić information content (AvgIpc) is 3.35. The molecular formula is C27H35FN4O4. The summed E-state index contributed by atoms with van der Waals surface area (Å²) < 4.78 is 21.9. The Kier molecular flexibility index (Phi) is 6.76. The van der Waals surface area contributed by atoms with E-state index in [9.17, 15) is 18.8 Å². The zero-order valence-corrected chi connectivity index (χ0v) is 21.1. The minimum atomic E-state index is -1.17. The van der Waals surface area contributed by atoms with Gasteiger partial charge in [0, 0.05) is 31.5 Å². The van der Waals surface area contributed by atoms with E-state index in [1.165, 1.54) is 31.9 Å². The Morgan fingerprint density at radius 1 is 1.14 bits per heavy atom. The molecule has 8 nitrogen and oxygen atoms in total. The number of carbonyl (C=O) groups is 3. The molecule has 3 aliphatic rings. The van der Waals surface area contributed by atoms with Crippen molar-refractivity contribution in [2.45, 2.75) is 89.4 Å². The summed E-state index contributed by atoms with van der Waals surface area (Å²) in [6.07, 6.45) is 7.96. The van der Waals surface area contributed by atoms with E-state index in [1.54, 1.807) is 15.5 Å². The van der Waals surface area contributed by atoms with Gasteiger partial charge in [0.1, 0.15) is 17.1 Å². The van der Waals surface area contributed by atoms with Crippen molar-refractivity contribution in [3.8, 4) is 0 Å². The van der Waals surface area contributed by atoms with Crippen LogP contribution >= 0.6 is 0 Å². The van der Waals surface area contributed by atoms with E-state index in [1.807, 2.05) is 6.92 Å². The predicted octanol–water partition coefficient (Wildman–Crippen LogP) is 3.97. The summed E-state index contributed by atoms with van der Waals surface area (Å²) in [6.45, 7) is 4.28. The molecule has 1 saturated heterocycles. The first kappa shape index (κ1) is 24.7. The first-order valence-electron chi connectivity index (χ1n) is 13.1. The second-order valence-electron chi connectivity index (χ2n) is 10.6. The van der Waals surface area contributed by atoms with Gasteiger partial charge in [0.15, 0.2) is 0 Å². The summed E-state index contributed by atoms with van der Waals surface area (Å²) in [5, 5.41) is 6.45. The van der Waals surface area contributed by atoms with Crippen LogP contribution in [0.2, 0.25) is 0 Å². The van der Waals surface area contributed by atoms with E-state index in [4.69, 9.17) is 4.74 Å². The molecule has 194 valence electrons. The molecule has 2 atom stereocenters. The predicted molar refractivity (Wildman–Crippen MR) is 134 cm³/mol. The zero-order chi connectivity index (χ0) is 25.4. The van der Waals surface area contributed by atoms with E-state index in [0.29, 0.717) is 17.5 Å². The van der Waals surface area contributed by atoms with Crippen LogP contribution in [0.3, 0.4) is 0 Å². The highest BCUT2D eigenvalue weighted by Crippen LogP contribution is 2.39. The second kappa shape index (κ2) is 9.84. The Hall–Kier alpha value is -2.94. The van der Waals surface area contributed by atoms with Crippen LogP contribution in [0.1, 0.15) is 75.7 Å². The molecule has 1 saturated carbocycles. The molecule has 0 unspecified atom stereocenters. The van der Waals surface area contributed by atoms with Gasteiger partial charge in [-0.3, -0.25) is 14.4 Å². The third kappa shape index (κ3) is 4.49. The number of hydrogen-bond acceptors (Lipinski definition) is 4. The van der Waals surface area contributed by atoms with Crippen LogP contribution < -0.4 is 10.6 Å².